The van der Waals surface area contributed by atoms with Crippen LogP contribution in [0.5, 0.6) is 0 Å². The number of hydrogen-bond donors (Lipinski definition) is 3. The molecule has 1 saturated heterocycles. The molecule has 1 aliphatic carbocycles. The number of nitrogens with one attached hydrogen (secondary N) is 2. The molecule has 1 amide bonds. The van der Waals surface area contributed by atoms with Crippen LogP contribution in [0.25, 0.3) is 0 Å². The minimum atomic E-state index is -3.97. The van der Waals surface area contributed by atoms with E-state index in [1.54, 1.807) is 0 Å². The van der Waals surface area contributed by atoms with Crippen molar-refractivity contribution in [3.05, 3.63) is 29.6 Å². The van der Waals surface area contributed by atoms with Crippen LogP contribution in [0.3, 0.4) is 0 Å². The maximum Gasteiger partial charge on any atom is 0.259 e. The van der Waals surface area contributed by atoms with E-state index in [9.17, 15) is 26.4 Å². The second-order valence-corrected chi connectivity index (χ2v) is 10.3. The van der Waals surface area contributed by atoms with Gasteiger partial charge < -0.3 is 15.8 Å². The maximum absolute atomic E-state index is 14.4. The van der Waals surface area contributed by atoms with Gasteiger partial charge in [-0.3, -0.25) is 10.2 Å². The predicted molar refractivity (Wildman–Crippen MR) is 105 cm³/mol. The number of amides is 1. The molecule has 1 aromatic rings. The molecule has 1 heterocycles. The lowest BCUT2D eigenvalue weighted by molar-refractivity contribution is -0.157. The number of carbonyl (C=O) groups excluding carboxylic acids is 1. The fourth-order valence-electron chi connectivity index (χ4n) is 3.81. The number of anilines is 1. The van der Waals surface area contributed by atoms with Crippen molar-refractivity contribution in [3.63, 3.8) is 0 Å². The molecule has 0 radical (unpaired) electrons. The van der Waals surface area contributed by atoms with Crippen LogP contribution in [0.2, 0.25) is 0 Å². The number of alkyl halides is 2. The number of benzene rings is 1. The van der Waals surface area contributed by atoms with Crippen LogP contribution in [-0.2, 0) is 19.4 Å². The smallest absolute Gasteiger partial charge is 0.259 e. The summed E-state index contributed by atoms with van der Waals surface area (Å²) in [7, 11) is -3.97. The van der Waals surface area contributed by atoms with Crippen molar-refractivity contribution in [2.45, 2.75) is 42.8 Å². The third-order valence-corrected chi connectivity index (χ3v) is 8.60. The van der Waals surface area contributed by atoms with Crippen molar-refractivity contribution < 1.29 is 31.1 Å². The molecule has 0 bridgehead atoms. The van der Waals surface area contributed by atoms with Crippen molar-refractivity contribution in [1.82, 2.24) is 0 Å². The second-order valence-electron chi connectivity index (χ2n) is 7.97. The molecule has 3 rings (SSSR count). The highest BCUT2D eigenvalue weighted by molar-refractivity contribution is 7.93. The number of carbonyl (C=O) groups is 1. The second kappa shape index (κ2) is 7.84. The first-order valence-electron chi connectivity index (χ1n) is 9.52. The summed E-state index contributed by atoms with van der Waals surface area (Å²) in [5, 5.41) is 10.1. The van der Waals surface area contributed by atoms with Gasteiger partial charge in [0.2, 0.25) is 5.91 Å². The van der Waals surface area contributed by atoms with E-state index >= 15 is 0 Å². The minimum Gasteiger partial charge on any atom is -0.386 e. The van der Waals surface area contributed by atoms with E-state index in [1.807, 2.05) is 0 Å². The number of amidine groups is 1. The monoisotopic (exact) mass is 447 g/mol. The predicted octanol–water partition coefficient (Wildman–Crippen LogP) is 2.42. The molecule has 11 heteroatoms. The number of nitrogens with two attached hydrogens (primary N) is 1. The first-order chi connectivity index (χ1) is 13.9. The number of ether oxygens (including phenoxy) is 1. The van der Waals surface area contributed by atoms with E-state index in [-0.39, 0.29) is 43.7 Å². The average Bonchev–Trinajstić information content (AvgIpc) is 3.14. The Morgan fingerprint density at radius 3 is 2.60 bits per heavy atom. The van der Waals surface area contributed by atoms with Gasteiger partial charge in [-0.2, -0.15) is 0 Å². The van der Waals surface area contributed by atoms with Crippen LogP contribution in [0.15, 0.2) is 18.2 Å². The molecule has 1 aromatic carbocycles. The third-order valence-electron chi connectivity index (χ3n) is 5.93. The molecule has 30 heavy (non-hydrogen) atoms. The molecular formula is C19H24F3N3O4S. The first-order valence-corrected chi connectivity index (χ1v) is 11.2. The van der Waals surface area contributed by atoms with Crippen molar-refractivity contribution in [2.75, 3.05) is 24.3 Å². The summed E-state index contributed by atoms with van der Waals surface area (Å²) in [6, 6.07) is 3.53. The fourth-order valence-corrected chi connectivity index (χ4v) is 5.96. The van der Waals surface area contributed by atoms with Crippen LogP contribution in [0.4, 0.5) is 18.9 Å². The van der Waals surface area contributed by atoms with Gasteiger partial charge in [-0.15, -0.1) is 0 Å². The topological polar surface area (TPSA) is 122 Å². The van der Waals surface area contributed by atoms with Crippen LogP contribution in [0, 0.1) is 17.1 Å². The summed E-state index contributed by atoms with van der Waals surface area (Å²) in [4.78, 5) is 12.1. The molecule has 0 aromatic heterocycles. The number of sulfone groups is 1. The van der Waals surface area contributed by atoms with Crippen molar-refractivity contribution in [3.8, 4) is 0 Å². The van der Waals surface area contributed by atoms with Crippen molar-refractivity contribution >= 4 is 27.3 Å². The largest absolute Gasteiger partial charge is 0.386 e. The Morgan fingerprint density at radius 1 is 1.40 bits per heavy atom. The van der Waals surface area contributed by atoms with E-state index in [0.717, 1.165) is 6.07 Å². The molecule has 7 nitrogen and oxygen atoms in total. The molecule has 2 aliphatic rings. The minimum absolute atomic E-state index is 0.00867. The van der Waals surface area contributed by atoms with Gasteiger partial charge in [-0.1, -0.05) is 6.92 Å². The highest BCUT2D eigenvalue weighted by Crippen LogP contribution is 2.44. The Balaban J connectivity index is 1.79. The summed E-state index contributed by atoms with van der Waals surface area (Å²) in [6.07, 6.45) is -0.238. The van der Waals surface area contributed by atoms with Gasteiger partial charge in [0.15, 0.2) is 14.6 Å². The zero-order chi connectivity index (χ0) is 22.3. The maximum atomic E-state index is 14.4. The molecule has 1 aliphatic heterocycles. The van der Waals surface area contributed by atoms with Gasteiger partial charge in [-0.25, -0.2) is 21.6 Å². The van der Waals surface area contributed by atoms with Crippen LogP contribution >= 0.6 is 0 Å². The quantitative estimate of drug-likeness (QED) is 0.438. The van der Waals surface area contributed by atoms with E-state index in [0.29, 0.717) is 0 Å². The molecule has 1 saturated carbocycles. The standard InChI is InChI=1S/C19H24F3N3O4S/c1-11(9-30(27,28)18(17(23)24)6-7-29-10-18)13-8-12(2-3-15(13)20)25-16(26)14-4-5-19(14,21)22/h2-3,8,11,14H,4-7,9-10H2,1H3,(H3,23,24)(H,25,26)/t11-,14?,18+/m1/s1. The average molecular weight is 447 g/mol. The van der Waals surface area contributed by atoms with E-state index in [1.165, 1.54) is 19.1 Å². The lowest BCUT2D eigenvalue weighted by Gasteiger charge is -2.34. The molecular weight excluding hydrogens is 423 g/mol. The van der Waals surface area contributed by atoms with E-state index < -0.39 is 55.7 Å². The Kier molecular flexibility index (Phi) is 5.89. The Morgan fingerprint density at radius 2 is 2.10 bits per heavy atom. The Bertz CT molecular complexity index is 962. The van der Waals surface area contributed by atoms with Gasteiger partial charge in [-0.05, 0) is 42.5 Å². The van der Waals surface area contributed by atoms with Gasteiger partial charge >= 0.3 is 0 Å². The highest BCUT2D eigenvalue weighted by Gasteiger charge is 2.52. The van der Waals surface area contributed by atoms with Gasteiger partial charge in [0.25, 0.3) is 5.92 Å². The molecule has 1 unspecified atom stereocenters. The number of halogens is 3. The van der Waals surface area contributed by atoms with E-state index in [2.05, 4.69) is 5.32 Å². The third kappa shape index (κ3) is 3.92. The summed E-state index contributed by atoms with van der Waals surface area (Å²) in [5.41, 5.74) is 5.67. The van der Waals surface area contributed by atoms with Gasteiger partial charge in [0, 0.05) is 18.7 Å². The van der Waals surface area contributed by atoms with Crippen molar-refractivity contribution in [1.29, 1.82) is 5.41 Å². The van der Waals surface area contributed by atoms with Crippen LogP contribution < -0.4 is 11.1 Å². The lowest BCUT2D eigenvalue weighted by Crippen LogP contribution is -2.52. The van der Waals surface area contributed by atoms with E-state index in [4.69, 9.17) is 15.9 Å². The van der Waals surface area contributed by atoms with Gasteiger partial charge in [0.1, 0.15) is 17.6 Å². The van der Waals surface area contributed by atoms with Crippen molar-refractivity contribution in [2.24, 2.45) is 11.7 Å². The summed E-state index contributed by atoms with van der Waals surface area (Å²) in [6.45, 7) is 1.41. The number of rotatable bonds is 7. The lowest BCUT2D eigenvalue weighted by atomic mass is 9.80. The SMILES string of the molecule is C[C@H](CS(=O)(=O)[C@@]1(C(=N)N)CCOC1)c1cc(NC(=O)C2CCC2(F)F)ccc1F. The zero-order valence-electron chi connectivity index (χ0n) is 16.4. The highest BCUT2D eigenvalue weighted by atomic mass is 32.2. The normalized spacial score (nSPS) is 26.6. The molecule has 0 spiro atoms. The summed E-state index contributed by atoms with van der Waals surface area (Å²) in [5.74, 6) is -7.89. The number of hydrogen-bond acceptors (Lipinski definition) is 5. The first kappa shape index (κ1) is 22.5. The molecule has 2 fully saturated rings. The zero-order valence-corrected chi connectivity index (χ0v) is 17.2. The fraction of sp³-hybridized carbons (Fsp3) is 0.579. The van der Waals surface area contributed by atoms with Gasteiger partial charge in [0.05, 0.1) is 12.4 Å². The molecule has 3 atom stereocenters. The summed E-state index contributed by atoms with van der Waals surface area (Å²) >= 11 is 0. The molecule has 4 N–H and O–H groups in total. The van der Waals surface area contributed by atoms with Crippen LogP contribution in [0.1, 0.15) is 37.7 Å². The summed E-state index contributed by atoms with van der Waals surface area (Å²) < 4.78 is 70.8. The Labute approximate surface area is 172 Å². The Hall–Kier alpha value is -2.14. The molecule has 166 valence electrons. The van der Waals surface area contributed by atoms with Crippen LogP contribution in [-0.4, -0.2) is 49.8 Å².